The Morgan fingerprint density at radius 3 is 2.67 bits per heavy atom. The summed E-state index contributed by atoms with van der Waals surface area (Å²) in [5.41, 5.74) is 0. The molecule has 2 saturated heterocycles. The van der Waals surface area contributed by atoms with Crippen LogP contribution in [0.4, 0.5) is 0 Å². The number of hydrogen-bond donors (Lipinski definition) is 2. The molecule has 1 amide bonds. The van der Waals surface area contributed by atoms with Crippen molar-refractivity contribution in [1.82, 2.24) is 10.2 Å². The quantitative estimate of drug-likeness (QED) is 0.809. The van der Waals surface area contributed by atoms with Crippen molar-refractivity contribution in [1.29, 1.82) is 0 Å². The average Bonchev–Trinajstić information content (AvgIpc) is 3.08. The van der Waals surface area contributed by atoms with Crippen molar-refractivity contribution in [2.75, 3.05) is 26.3 Å². The van der Waals surface area contributed by atoms with Gasteiger partial charge in [-0.1, -0.05) is 6.42 Å². The third-order valence-corrected chi connectivity index (χ3v) is 5.37. The Hall–Kier alpha value is -0.650. The maximum atomic E-state index is 12.3. The summed E-state index contributed by atoms with van der Waals surface area (Å²) in [4.78, 5) is 14.6. The number of carbonyl (C=O) groups is 1. The summed E-state index contributed by atoms with van der Waals surface area (Å²) in [5, 5.41) is 13.3. The fourth-order valence-electron chi connectivity index (χ4n) is 4.25. The SMILES string of the molecule is O=C(CN1CCCC1C1CCCC1O)NC1CCOCC1. The van der Waals surface area contributed by atoms with Crippen molar-refractivity contribution in [2.24, 2.45) is 5.92 Å². The fourth-order valence-corrected chi connectivity index (χ4v) is 4.25. The van der Waals surface area contributed by atoms with E-state index in [0.717, 1.165) is 64.7 Å². The van der Waals surface area contributed by atoms with Gasteiger partial charge in [-0.15, -0.1) is 0 Å². The van der Waals surface area contributed by atoms with Crippen LogP contribution >= 0.6 is 0 Å². The molecule has 0 radical (unpaired) electrons. The standard InChI is InChI=1S/C16H28N2O3/c19-15-5-1-3-13(15)14-4-2-8-18(14)11-16(20)17-12-6-9-21-10-7-12/h12-15,19H,1-11H2,(H,17,20). The van der Waals surface area contributed by atoms with Gasteiger partial charge in [-0.05, 0) is 45.1 Å². The summed E-state index contributed by atoms with van der Waals surface area (Å²) in [6.45, 7) is 3.00. The lowest BCUT2D eigenvalue weighted by molar-refractivity contribution is -0.124. The third-order valence-electron chi connectivity index (χ3n) is 5.37. The Bertz CT molecular complexity index is 357. The molecule has 5 heteroatoms. The zero-order chi connectivity index (χ0) is 14.7. The van der Waals surface area contributed by atoms with Crippen molar-refractivity contribution in [2.45, 2.75) is 63.1 Å². The molecule has 0 aromatic heterocycles. The molecule has 120 valence electrons. The highest BCUT2D eigenvalue weighted by Crippen LogP contribution is 2.35. The number of amides is 1. The van der Waals surface area contributed by atoms with E-state index in [9.17, 15) is 9.90 Å². The normalized spacial score (nSPS) is 35.2. The van der Waals surface area contributed by atoms with Crippen molar-refractivity contribution in [3.63, 3.8) is 0 Å². The highest BCUT2D eigenvalue weighted by Gasteiger charge is 2.38. The van der Waals surface area contributed by atoms with E-state index in [4.69, 9.17) is 4.74 Å². The first-order valence-electron chi connectivity index (χ1n) is 8.53. The Morgan fingerprint density at radius 1 is 1.14 bits per heavy atom. The summed E-state index contributed by atoms with van der Waals surface area (Å²) >= 11 is 0. The zero-order valence-electron chi connectivity index (χ0n) is 12.8. The number of nitrogens with zero attached hydrogens (tertiary/aromatic N) is 1. The van der Waals surface area contributed by atoms with Crippen molar-refractivity contribution < 1.29 is 14.6 Å². The van der Waals surface area contributed by atoms with Crippen molar-refractivity contribution in [3.8, 4) is 0 Å². The van der Waals surface area contributed by atoms with E-state index in [1.54, 1.807) is 0 Å². The maximum absolute atomic E-state index is 12.3. The molecule has 1 aliphatic carbocycles. The van der Waals surface area contributed by atoms with Crippen LogP contribution in [0.15, 0.2) is 0 Å². The molecule has 2 heterocycles. The number of ether oxygens (including phenoxy) is 1. The molecular weight excluding hydrogens is 268 g/mol. The third kappa shape index (κ3) is 3.76. The summed E-state index contributed by atoms with van der Waals surface area (Å²) < 4.78 is 5.32. The van der Waals surface area contributed by atoms with Gasteiger partial charge in [0.2, 0.25) is 5.91 Å². The lowest BCUT2D eigenvalue weighted by Gasteiger charge is -2.31. The molecule has 3 rings (SSSR count). The van der Waals surface area contributed by atoms with E-state index in [2.05, 4.69) is 10.2 Å². The first-order valence-corrected chi connectivity index (χ1v) is 8.53. The number of carbonyl (C=O) groups excluding carboxylic acids is 1. The molecule has 1 saturated carbocycles. The van der Waals surface area contributed by atoms with Crippen molar-refractivity contribution in [3.05, 3.63) is 0 Å². The van der Waals surface area contributed by atoms with Gasteiger partial charge < -0.3 is 15.2 Å². The van der Waals surface area contributed by atoms with Crippen LogP contribution in [0.3, 0.4) is 0 Å². The van der Waals surface area contributed by atoms with Gasteiger partial charge in [0.05, 0.1) is 12.6 Å². The molecule has 3 aliphatic rings. The molecule has 0 bridgehead atoms. The van der Waals surface area contributed by atoms with E-state index in [1.807, 2.05) is 0 Å². The van der Waals surface area contributed by atoms with Gasteiger partial charge in [0.25, 0.3) is 0 Å². The van der Waals surface area contributed by atoms with Crippen LogP contribution in [0.5, 0.6) is 0 Å². The summed E-state index contributed by atoms with van der Waals surface area (Å²) in [6.07, 6.45) is 7.16. The van der Waals surface area contributed by atoms with Crippen LogP contribution < -0.4 is 5.32 Å². The number of aliphatic hydroxyl groups excluding tert-OH is 1. The van der Waals surface area contributed by atoms with Gasteiger partial charge in [0.1, 0.15) is 0 Å². The van der Waals surface area contributed by atoms with Crippen LogP contribution in [0.25, 0.3) is 0 Å². The van der Waals surface area contributed by atoms with E-state index in [-0.39, 0.29) is 18.1 Å². The molecule has 0 spiro atoms. The van der Waals surface area contributed by atoms with Crippen molar-refractivity contribution >= 4 is 5.91 Å². The highest BCUT2D eigenvalue weighted by atomic mass is 16.5. The second-order valence-corrected chi connectivity index (χ2v) is 6.80. The predicted octanol–water partition coefficient (Wildman–Crippen LogP) is 0.907. The maximum Gasteiger partial charge on any atom is 0.234 e. The monoisotopic (exact) mass is 296 g/mol. The Labute approximate surface area is 127 Å². The van der Waals surface area contributed by atoms with Crippen LogP contribution in [-0.2, 0) is 9.53 Å². The van der Waals surface area contributed by atoms with Gasteiger partial charge in [-0.3, -0.25) is 9.69 Å². The zero-order valence-corrected chi connectivity index (χ0v) is 12.8. The topological polar surface area (TPSA) is 61.8 Å². The number of aliphatic hydroxyl groups is 1. The van der Waals surface area contributed by atoms with Crippen LogP contribution in [0, 0.1) is 5.92 Å². The largest absolute Gasteiger partial charge is 0.393 e. The van der Waals surface area contributed by atoms with Crippen LogP contribution in [0.2, 0.25) is 0 Å². The summed E-state index contributed by atoms with van der Waals surface area (Å²) in [7, 11) is 0. The molecular formula is C16H28N2O3. The fraction of sp³-hybridized carbons (Fsp3) is 0.938. The van der Waals surface area contributed by atoms with Gasteiger partial charge in [-0.2, -0.15) is 0 Å². The first-order chi connectivity index (χ1) is 10.2. The Morgan fingerprint density at radius 2 is 1.95 bits per heavy atom. The molecule has 2 N–H and O–H groups in total. The van der Waals surface area contributed by atoms with Gasteiger partial charge in [0.15, 0.2) is 0 Å². The summed E-state index contributed by atoms with van der Waals surface area (Å²) in [5.74, 6) is 0.518. The van der Waals surface area contributed by atoms with E-state index < -0.39 is 0 Å². The second-order valence-electron chi connectivity index (χ2n) is 6.80. The lowest BCUT2D eigenvalue weighted by atomic mass is 9.94. The number of hydrogen-bond acceptors (Lipinski definition) is 4. The van der Waals surface area contributed by atoms with E-state index in [1.165, 1.54) is 0 Å². The molecule has 0 aromatic carbocycles. The Balaban J connectivity index is 1.49. The van der Waals surface area contributed by atoms with Gasteiger partial charge in [-0.25, -0.2) is 0 Å². The smallest absolute Gasteiger partial charge is 0.234 e. The lowest BCUT2D eigenvalue weighted by Crippen LogP contribution is -2.47. The molecule has 3 unspecified atom stereocenters. The second kappa shape index (κ2) is 7.07. The Kier molecular flexibility index (Phi) is 5.14. The van der Waals surface area contributed by atoms with Crippen LogP contribution in [-0.4, -0.2) is 60.4 Å². The van der Waals surface area contributed by atoms with Gasteiger partial charge in [0, 0.05) is 31.2 Å². The highest BCUT2D eigenvalue weighted by molar-refractivity contribution is 5.78. The number of nitrogens with one attached hydrogen (secondary N) is 1. The molecule has 5 nitrogen and oxygen atoms in total. The average molecular weight is 296 g/mol. The minimum atomic E-state index is -0.158. The number of likely N-dealkylation sites (tertiary alicyclic amines) is 1. The van der Waals surface area contributed by atoms with E-state index >= 15 is 0 Å². The molecule has 2 aliphatic heterocycles. The first kappa shape index (κ1) is 15.3. The number of rotatable bonds is 4. The van der Waals surface area contributed by atoms with E-state index in [0.29, 0.717) is 18.5 Å². The van der Waals surface area contributed by atoms with Gasteiger partial charge >= 0.3 is 0 Å². The predicted molar refractivity (Wildman–Crippen MR) is 79.9 cm³/mol. The minimum Gasteiger partial charge on any atom is -0.393 e. The molecule has 3 fully saturated rings. The minimum absolute atomic E-state index is 0.140. The molecule has 0 aromatic rings. The molecule has 21 heavy (non-hydrogen) atoms. The molecule has 3 atom stereocenters. The van der Waals surface area contributed by atoms with Crippen LogP contribution in [0.1, 0.15) is 44.9 Å². The summed E-state index contributed by atoms with van der Waals surface area (Å²) in [6, 6.07) is 0.687.